The summed E-state index contributed by atoms with van der Waals surface area (Å²) in [4.78, 5) is 47.9. The van der Waals surface area contributed by atoms with E-state index in [1.54, 1.807) is 38.1 Å². The lowest BCUT2D eigenvalue weighted by molar-refractivity contribution is -0.130. The van der Waals surface area contributed by atoms with Gasteiger partial charge in [-0.2, -0.15) is 0 Å². The number of imide groups is 1. The molecule has 24 heavy (non-hydrogen) atoms. The van der Waals surface area contributed by atoms with E-state index in [0.717, 1.165) is 4.90 Å². The molecule has 1 aliphatic rings. The molecule has 0 saturated carbocycles. The number of carbonyl (C=O) groups excluding carboxylic acids is 4. The molecule has 1 fully saturated rings. The second-order valence-corrected chi connectivity index (χ2v) is 5.76. The van der Waals surface area contributed by atoms with Crippen molar-refractivity contribution in [2.24, 2.45) is 0 Å². The summed E-state index contributed by atoms with van der Waals surface area (Å²) in [6.45, 7) is 3.10. The highest BCUT2D eigenvalue weighted by Gasteiger charge is 2.43. The molecule has 9 heteroatoms. The molecule has 1 aromatic carbocycles. The quantitative estimate of drug-likeness (QED) is 0.475. The lowest BCUT2D eigenvalue weighted by Gasteiger charge is -2.15. The maximum atomic E-state index is 12.0. The molecule has 1 aromatic rings. The van der Waals surface area contributed by atoms with Crippen LogP contribution in [0.5, 0.6) is 0 Å². The van der Waals surface area contributed by atoms with E-state index < -0.39 is 29.4 Å². The van der Waals surface area contributed by atoms with Crippen LogP contribution in [-0.2, 0) is 9.59 Å². The second kappa shape index (κ2) is 6.99. The molecule has 4 N–H and O–H groups in total. The van der Waals surface area contributed by atoms with Crippen LogP contribution in [0.25, 0.3) is 0 Å². The van der Waals surface area contributed by atoms with Gasteiger partial charge in [-0.05, 0) is 26.0 Å². The van der Waals surface area contributed by atoms with Crippen molar-refractivity contribution in [1.29, 1.82) is 0 Å². The van der Waals surface area contributed by atoms with Gasteiger partial charge in [-0.15, -0.1) is 0 Å². The SMILES string of the molecule is CC1(C)NC(=O)N(CCC(=O)NNC(=O)Nc2ccccc2)C1=O. The fourth-order valence-corrected chi connectivity index (χ4v) is 2.11. The van der Waals surface area contributed by atoms with Crippen molar-refractivity contribution in [2.75, 3.05) is 11.9 Å². The largest absolute Gasteiger partial charge is 0.337 e. The van der Waals surface area contributed by atoms with Crippen molar-refractivity contribution in [3.05, 3.63) is 30.3 Å². The van der Waals surface area contributed by atoms with E-state index in [9.17, 15) is 19.2 Å². The number of hydrogen-bond donors (Lipinski definition) is 4. The van der Waals surface area contributed by atoms with Gasteiger partial charge in [0.15, 0.2) is 0 Å². The van der Waals surface area contributed by atoms with Gasteiger partial charge < -0.3 is 10.6 Å². The fraction of sp³-hybridized carbons (Fsp3) is 0.333. The van der Waals surface area contributed by atoms with Crippen molar-refractivity contribution in [3.8, 4) is 0 Å². The van der Waals surface area contributed by atoms with Crippen LogP contribution >= 0.6 is 0 Å². The summed E-state index contributed by atoms with van der Waals surface area (Å²) >= 11 is 0. The Hall–Kier alpha value is -3.10. The van der Waals surface area contributed by atoms with E-state index in [4.69, 9.17) is 0 Å². The van der Waals surface area contributed by atoms with E-state index >= 15 is 0 Å². The van der Waals surface area contributed by atoms with E-state index in [2.05, 4.69) is 21.5 Å². The predicted octanol–water partition coefficient (Wildman–Crippen LogP) is 0.560. The summed E-state index contributed by atoms with van der Waals surface area (Å²) in [7, 11) is 0. The first-order valence-electron chi connectivity index (χ1n) is 7.34. The van der Waals surface area contributed by atoms with Crippen LogP contribution in [0.2, 0.25) is 0 Å². The number of rotatable bonds is 4. The van der Waals surface area contributed by atoms with Gasteiger partial charge in [0.2, 0.25) is 5.91 Å². The summed E-state index contributed by atoms with van der Waals surface area (Å²) in [6.07, 6.45) is -0.124. The Morgan fingerprint density at radius 1 is 1.12 bits per heavy atom. The third-order valence-corrected chi connectivity index (χ3v) is 3.35. The molecule has 1 heterocycles. The van der Waals surface area contributed by atoms with Crippen molar-refractivity contribution in [3.63, 3.8) is 0 Å². The van der Waals surface area contributed by atoms with Gasteiger partial charge in [0, 0.05) is 18.7 Å². The molecule has 128 valence electrons. The summed E-state index contributed by atoms with van der Waals surface area (Å²) < 4.78 is 0. The molecule has 1 aliphatic heterocycles. The van der Waals surface area contributed by atoms with Crippen LogP contribution in [0.4, 0.5) is 15.3 Å². The molecule has 0 spiro atoms. The molecule has 0 atom stereocenters. The maximum absolute atomic E-state index is 12.0. The first kappa shape index (κ1) is 17.3. The molecule has 0 unspecified atom stereocenters. The second-order valence-electron chi connectivity index (χ2n) is 5.76. The zero-order chi connectivity index (χ0) is 17.7. The minimum Gasteiger partial charge on any atom is -0.324 e. The molecule has 1 saturated heterocycles. The highest BCUT2D eigenvalue weighted by atomic mass is 16.2. The van der Waals surface area contributed by atoms with Gasteiger partial charge in [0.25, 0.3) is 5.91 Å². The smallest absolute Gasteiger partial charge is 0.324 e. The topological polar surface area (TPSA) is 120 Å². The van der Waals surface area contributed by atoms with Crippen LogP contribution in [0.1, 0.15) is 20.3 Å². The highest BCUT2D eigenvalue weighted by Crippen LogP contribution is 2.16. The first-order chi connectivity index (χ1) is 11.3. The third-order valence-electron chi connectivity index (χ3n) is 3.35. The molecule has 0 aromatic heterocycles. The molecule has 9 nitrogen and oxygen atoms in total. The number of nitrogens with one attached hydrogen (secondary N) is 4. The van der Waals surface area contributed by atoms with Gasteiger partial charge in [0.05, 0.1) is 0 Å². The van der Waals surface area contributed by atoms with Gasteiger partial charge in [-0.25, -0.2) is 15.0 Å². The molecule has 0 aliphatic carbocycles. The van der Waals surface area contributed by atoms with Gasteiger partial charge in [-0.1, -0.05) is 18.2 Å². The number of hydrazine groups is 1. The van der Waals surface area contributed by atoms with Gasteiger partial charge in [-0.3, -0.25) is 19.9 Å². The molecular weight excluding hydrogens is 314 g/mol. The van der Waals surface area contributed by atoms with E-state index in [0.29, 0.717) is 5.69 Å². The van der Waals surface area contributed by atoms with Crippen molar-refractivity contribution in [1.82, 2.24) is 21.1 Å². The van der Waals surface area contributed by atoms with Crippen LogP contribution in [-0.4, -0.2) is 40.9 Å². The normalized spacial score (nSPS) is 15.7. The number of nitrogens with zero attached hydrogens (tertiary/aromatic N) is 1. The summed E-state index contributed by atoms with van der Waals surface area (Å²) in [5.74, 6) is -0.918. The zero-order valence-corrected chi connectivity index (χ0v) is 13.4. The van der Waals surface area contributed by atoms with Crippen LogP contribution in [0.15, 0.2) is 30.3 Å². The average Bonchev–Trinajstić information content (AvgIpc) is 2.72. The predicted molar refractivity (Wildman–Crippen MR) is 85.7 cm³/mol. The number of hydrogen-bond acceptors (Lipinski definition) is 4. The molecule has 2 rings (SSSR count). The van der Waals surface area contributed by atoms with E-state index in [1.165, 1.54) is 0 Å². The van der Waals surface area contributed by atoms with Gasteiger partial charge in [0.1, 0.15) is 5.54 Å². The van der Waals surface area contributed by atoms with Crippen molar-refractivity contribution in [2.45, 2.75) is 25.8 Å². The Bertz CT molecular complexity index is 659. The number of amides is 6. The Morgan fingerprint density at radius 3 is 2.38 bits per heavy atom. The highest BCUT2D eigenvalue weighted by molar-refractivity contribution is 6.06. The number of urea groups is 2. The van der Waals surface area contributed by atoms with Crippen LogP contribution < -0.4 is 21.5 Å². The van der Waals surface area contributed by atoms with Crippen LogP contribution in [0, 0.1) is 0 Å². The minimum atomic E-state index is -0.971. The zero-order valence-electron chi connectivity index (χ0n) is 13.4. The molecule has 0 radical (unpaired) electrons. The minimum absolute atomic E-state index is 0.0675. The Balaban J connectivity index is 1.73. The van der Waals surface area contributed by atoms with Crippen molar-refractivity contribution >= 4 is 29.6 Å². The Kier molecular flexibility index (Phi) is 5.02. The summed E-state index contributed by atoms with van der Waals surface area (Å²) in [6, 6.07) is 7.57. The monoisotopic (exact) mass is 333 g/mol. The van der Waals surface area contributed by atoms with Gasteiger partial charge >= 0.3 is 12.1 Å². The molecule has 6 amide bonds. The van der Waals surface area contributed by atoms with Crippen LogP contribution in [0.3, 0.4) is 0 Å². The number of benzene rings is 1. The number of carbonyl (C=O) groups is 4. The summed E-state index contributed by atoms with van der Waals surface area (Å²) in [5, 5.41) is 5.05. The maximum Gasteiger partial charge on any atom is 0.337 e. The lowest BCUT2D eigenvalue weighted by atomic mass is 10.1. The number of anilines is 1. The van der Waals surface area contributed by atoms with E-state index in [-0.39, 0.29) is 13.0 Å². The molecule has 0 bridgehead atoms. The van der Waals surface area contributed by atoms with Crippen molar-refractivity contribution < 1.29 is 19.2 Å². The third kappa shape index (κ3) is 4.22. The summed E-state index contributed by atoms with van der Waals surface area (Å²) in [5.41, 5.74) is 4.00. The number of para-hydroxylation sites is 1. The van der Waals surface area contributed by atoms with E-state index in [1.807, 2.05) is 6.07 Å². The Labute approximate surface area is 138 Å². The average molecular weight is 333 g/mol. The first-order valence-corrected chi connectivity index (χ1v) is 7.34. The molecular formula is C15H19N5O4. The Morgan fingerprint density at radius 2 is 1.79 bits per heavy atom. The standard InChI is InChI=1S/C15H19N5O4/c1-15(2)12(22)20(14(24)17-15)9-8-11(21)18-19-13(23)16-10-6-4-3-5-7-10/h3-7H,8-9H2,1-2H3,(H,17,24)(H,18,21)(H2,16,19,23). The fourth-order valence-electron chi connectivity index (χ4n) is 2.11. The lowest BCUT2D eigenvalue weighted by Crippen LogP contribution is -2.45.